The van der Waals surface area contributed by atoms with Gasteiger partial charge in [0.25, 0.3) is 0 Å². The lowest BCUT2D eigenvalue weighted by atomic mass is 10.1. The summed E-state index contributed by atoms with van der Waals surface area (Å²) in [5.41, 5.74) is 2.05. The summed E-state index contributed by atoms with van der Waals surface area (Å²) >= 11 is 0. The summed E-state index contributed by atoms with van der Waals surface area (Å²) in [5, 5.41) is 11.8. The van der Waals surface area contributed by atoms with E-state index >= 15 is 0 Å². The molecule has 3 aromatic rings. The van der Waals surface area contributed by atoms with Crippen molar-refractivity contribution in [1.82, 2.24) is 25.2 Å². The van der Waals surface area contributed by atoms with Crippen molar-refractivity contribution in [2.45, 2.75) is 25.9 Å². The Bertz CT molecular complexity index is 1000. The molecule has 8 nitrogen and oxygen atoms in total. The molecule has 0 unspecified atom stereocenters. The standard InChI is InChI=1S/C19H19FN6O2/c1-3-4-14-11-26(19(27)28-14)13-6-7-15(16(20)9-13)12-5-8-17(21-10-12)18-22-24-25(2)23-18/h5-10,14H,3-4,11H2,1-2H3/t14-/m0/s1. The van der Waals surface area contributed by atoms with Gasteiger partial charge in [0, 0.05) is 17.3 Å². The van der Waals surface area contributed by atoms with E-state index in [0.29, 0.717) is 34.9 Å². The van der Waals surface area contributed by atoms with Crippen LogP contribution in [0.25, 0.3) is 22.6 Å². The fourth-order valence-corrected chi connectivity index (χ4v) is 3.18. The van der Waals surface area contributed by atoms with Gasteiger partial charge < -0.3 is 4.74 Å². The van der Waals surface area contributed by atoms with E-state index in [1.165, 1.54) is 15.8 Å². The first kappa shape index (κ1) is 18.0. The van der Waals surface area contributed by atoms with E-state index in [1.54, 1.807) is 37.5 Å². The Kier molecular flexibility index (Phi) is 4.72. The fraction of sp³-hybridized carbons (Fsp3) is 0.316. The maximum Gasteiger partial charge on any atom is 0.414 e. The van der Waals surface area contributed by atoms with Crippen molar-refractivity contribution in [3.63, 3.8) is 0 Å². The van der Waals surface area contributed by atoms with E-state index in [1.807, 2.05) is 6.92 Å². The largest absolute Gasteiger partial charge is 0.444 e. The van der Waals surface area contributed by atoms with Gasteiger partial charge in [-0.25, -0.2) is 9.18 Å². The number of carbonyl (C=O) groups excluding carboxylic acids is 1. The Morgan fingerprint density at radius 1 is 1.29 bits per heavy atom. The number of cyclic esters (lactones) is 1. The second-order valence-electron chi connectivity index (χ2n) is 6.60. The summed E-state index contributed by atoms with van der Waals surface area (Å²) in [6.45, 7) is 2.47. The van der Waals surface area contributed by atoms with Crippen molar-refractivity contribution in [1.29, 1.82) is 0 Å². The first-order valence-corrected chi connectivity index (χ1v) is 9.03. The molecule has 1 aromatic carbocycles. The number of pyridine rings is 1. The summed E-state index contributed by atoms with van der Waals surface area (Å²) in [6, 6.07) is 8.17. The Hall–Kier alpha value is -3.36. The number of anilines is 1. The van der Waals surface area contributed by atoms with Crippen LogP contribution in [0.3, 0.4) is 0 Å². The zero-order chi connectivity index (χ0) is 19.7. The van der Waals surface area contributed by atoms with Crippen LogP contribution in [0.2, 0.25) is 0 Å². The summed E-state index contributed by atoms with van der Waals surface area (Å²) in [4.78, 5) is 19.2. The van der Waals surface area contributed by atoms with Gasteiger partial charge >= 0.3 is 6.09 Å². The molecule has 0 saturated carbocycles. The molecule has 1 atom stereocenters. The molecule has 0 aliphatic carbocycles. The van der Waals surface area contributed by atoms with Crippen LogP contribution in [-0.2, 0) is 11.8 Å². The molecular weight excluding hydrogens is 363 g/mol. The van der Waals surface area contributed by atoms with E-state index in [9.17, 15) is 9.18 Å². The van der Waals surface area contributed by atoms with Crippen molar-refractivity contribution >= 4 is 11.8 Å². The van der Waals surface area contributed by atoms with Crippen LogP contribution in [0.1, 0.15) is 19.8 Å². The second-order valence-corrected chi connectivity index (χ2v) is 6.60. The number of ether oxygens (including phenoxy) is 1. The lowest BCUT2D eigenvalue weighted by Crippen LogP contribution is -2.24. The smallest absolute Gasteiger partial charge is 0.414 e. The zero-order valence-electron chi connectivity index (χ0n) is 15.5. The number of hydrogen-bond donors (Lipinski definition) is 0. The third kappa shape index (κ3) is 3.42. The van der Waals surface area contributed by atoms with Crippen molar-refractivity contribution in [2.75, 3.05) is 11.4 Å². The van der Waals surface area contributed by atoms with Crippen LogP contribution in [0, 0.1) is 5.82 Å². The third-order valence-corrected chi connectivity index (χ3v) is 4.56. The molecule has 0 spiro atoms. The summed E-state index contributed by atoms with van der Waals surface area (Å²) < 4.78 is 20.1. The Morgan fingerprint density at radius 3 is 2.79 bits per heavy atom. The third-order valence-electron chi connectivity index (χ3n) is 4.56. The van der Waals surface area contributed by atoms with Gasteiger partial charge in [-0.15, -0.1) is 10.2 Å². The maximum absolute atomic E-state index is 14.7. The minimum atomic E-state index is -0.437. The molecule has 144 valence electrons. The van der Waals surface area contributed by atoms with Crippen LogP contribution in [0.4, 0.5) is 14.9 Å². The molecular formula is C19H19FN6O2. The van der Waals surface area contributed by atoms with Gasteiger partial charge in [0.15, 0.2) is 0 Å². The fourth-order valence-electron chi connectivity index (χ4n) is 3.18. The number of amides is 1. The molecule has 1 aliphatic heterocycles. The van der Waals surface area contributed by atoms with Gasteiger partial charge in [-0.3, -0.25) is 9.88 Å². The van der Waals surface area contributed by atoms with Crippen LogP contribution in [0.15, 0.2) is 36.5 Å². The molecule has 0 radical (unpaired) electrons. The van der Waals surface area contributed by atoms with Crippen LogP contribution >= 0.6 is 0 Å². The van der Waals surface area contributed by atoms with E-state index in [2.05, 4.69) is 20.4 Å². The molecule has 0 bridgehead atoms. The number of halogens is 1. The topological polar surface area (TPSA) is 86.0 Å². The Balaban J connectivity index is 1.56. The number of aryl methyl sites for hydroxylation is 1. The summed E-state index contributed by atoms with van der Waals surface area (Å²) in [6.07, 6.45) is 2.69. The van der Waals surface area contributed by atoms with Crippen molar-refractivity contribution < 1.29 is 13.9 Å². The predicted molar refractivity (Wildman–Crippen MR) is 99.9 cm³/mol. The van der Waals surface area contributed by atoms with Crippen LogP contribution in [-0.4, -0.2) is 43.9 Å². The van der Waals surface area contributed by atoms with Gasteiger partial charge in [-0.1, -0.05) is 19.4 Å². The molecule has 28 heavy (non-hydrogen) atoms. The lowest BCUT2D eigenvalue weighted by molar-refractivity contribution is 0.136. The van der Waals surface area contributed by atoms with Gasteiger partial charge in [-0.05, 0) is 35.9 Å². The molecule has 2 aromatic heterocycles. The number of tetrazole rings is 1. The highest BCUT2D eigenvalue weighted by atomic mass is 19.1. The normalized spacial score (nSPS) is 16.5. The number of rotatable bonds is 5. The molecule has 1 fully saturated rings. The Morgan fingerprint density at radius 2 is 2.14 bits per heavy atom. The van der Waals surface area contributed by atoms with Gasteiger partial charge in [0.1, 0.15) is 17.6 Å². The zero-order valence-corrected chi connectivity index (χ0v) is 15.5. The highest BCUT2D eigenvalue weighted by Gasteiger charge is 2.32. The second kappa shape index (κ2) is 7.34. The number of benzene rings is 1. The van der Waals surface area contributed by atoms with Crippen LogP contribution in [0.5, 0.6) is 0 Å². The average molecular weight is 382 g/mol. The van der Waals surface area contributed by atoms with Crippen molar-refractivity contribution in [3.8, 4) is 22.6 Å². The first-order valence-electron chi connectivity index (χ1n) is 9.03. The van der Waals surface area contributed by atoms with E-state index in [4.69, 9.17) is 4.74 Å². The number of carbonyl (C=O) groups is 1. The van der Waals surface area contributed by atoms with E-state index < -0.39 is 11.9 Å². The molecule has 3 heterocycles. The molecule has 0 N–H and O–H groups in total. The monoisotopic (exact) mass is 382 g/mol. The minimum Gasteiger partial charge on any atom is -0.444 e. The molecule has 4 rings (SSSR count). The Labute approximate surface area is 160 Å². The molecule has 1 aliphatic rings. The molecule has 1 saturated heterocycles. The first-order chi connectivity index (χ1) is 13.5. The highest BCUT2D eigenvalue weighted by Crippen LogP contribution is 2.30. The molecule has 9 heteroatoms. The van der Waals surface area contributed by atoms with E-state index in [-0.39, 0.29) is 6.10 Å². The summed E-state index contributed by atoms with van der Waals surface area (Å²) in [7, 11) is 1.67. The predicted octanol–water partition coefficient (Wildman–Crippen LogP) is 3.20. The molecule has 1 amide bonds. The average Bonchev–Trinajstić information content (AvgIpc) is 3.28. The minimum absolute atomic E-state index is 0.147. The SMILES string of the molecule is CCC[C@H]1CN(c2ccc(-c3ccc(-c4nnn(C)n4)nc3)c(F)c2)C(=O)O1. The van der Waals surface area contributed by atoms with Crippen molar-refractivity contribution in [3.05, 3.63) is 42.3 Å². The quantitative estimate of drug-likeness (QED) is 0.674. The van der Waals surface area contributed by atoms with Gasteiger partial charge in [0.05, 0.1) is 19.3 Å². The summed E-state index contributed by atoms with van der Waals surface area (Å²) in [5.74, 6) is -0.0320. The van der Waals surface area contributed by atoms with E-state index in [0.717, 1.165) is 12.8 Å². The number of aromatic nitrogens is 5. The highest BCUT2D eigenvalue weighted by molar-refractivity contribution is 5.90. The van der Waals surface area contributed by atoms with Gasteiger partial charge in [0.2, 0.25) is 5.82 Å². The van der Waals surface area contributed by atoms with Crippen LogP contribution < -0.4 is 4.90 Å². The van der Waals surface area contributed by atoms with Gasteiger partial charge in [-0.2, -0.15) is 4.80 Å². The lowest BCUT2D eigenvalue weighted by Gasteiger charge is -2.14. The van der Waals surface area contributed by atoms with Crippen molar-refractivity contribution in [2.24, 2.45) is 7.05 Å². The number of hydrogen-bond acceptors (Lipinski definition) is 6. The number of nitrogens with zero attached hydrogens (tertiary/aromatic N) is 6. The maximum atomic E-state index is 14.7.